The lowest BCUT2D eigenvalue weighted by atomic mass is 10.1. The molecule has 0 atom stereocenters. The number of hydrogen-bond acceptors (Lipinski definition) is 4. The van der Waals surface area contributed by atoms with Crippen LogP contribution in [-0.2, 0) is 6.42 Å². The van der Waals surface area contributed by atoms with E-state index in [9.17, 15) is 4.79 Å². The fraction of sp³-hybridized carbons (Fsp3) is 0.533. The third-order valence-corrected chi connectivity index (χ3v) is 3.54. The van der Waals surface area contributed by atoms with E-state index in [2.05, 4.69) is 10.6 Å². The minimum Gasteiger partial charge on any atom is -0.493 e. The highest BCUT2D eigenvalue weighted by Crippen LogP contribution is 2.27. The van der Waals surface area contributed by atoms with Crippen LogP contribution in [0.2, 0.25) is 0 Å². The largest absolute Gasteiger partial charge is 0.493 e. The molecule has 0 aliphatic carbocycles. The zero-order chi connectivity index (χ0) is 15.1. The van der Waals surface area contributed by atoms with Crippen LogP contribution in [-0.4, -0.2) is 57.9 Å². The Kier molecular flexibility index (Phi) is 5.68. The van der Waals surface area contributed by atoms with Gasteiger partial charge in [0.05, 0.1) is 14.2 Å². The zero-order valence-corrected chi connectivity index (χ0v) is 12.6. The first-order valence-corrected chi connectivity index (χ1v) is 7.19. The molecule has 1 fully saturated rings. The predicted octanol–water partition coefficient (Wildman–Crippen LogP) is 0.861. The van der Waals surface area contributed by atoms with Crippen molar-refractivity contribution in [3.63, 3.8) is 0 Å². The van der Waals surface area contributed by atoms with Gasteiger partial charge in [-0.25, -0.2) is 4.79 Å². The van der Waals surface area contributed by atoms with Crippen molar-refractivity contribution in [3.05, 3.63) is 23.8 Å². The van der Waals surface area contributed by atoms with Gasteiger partial charge in [-0.3, -0.25) is 0 Å². The van der Waals surface area contributed by atoms with Gasteiger partial charge in [0.1, 0.15) is 0 Å². The Morgan fingerprint density at radius 2 is 2.05 bits per heavy atom. The summed E-state index contributed by atoms with van der Waals surface area (Å²) in [6.45, 7) is 3.98. The zero-order valence-electron chi connectivity index (χ0n) is 12.6. The molecule has 0 unspecified atom stereocenters. The van der Waals surface area contributed by atoms with E-state index in [4.69, 9.17) is 9.47 Å². The summed E-state index contributed by atoms with van der Waals surface area (Å²) in [6.07, 6.45) is 0.909. The monoisotopic (exact) mass is 293 g/mol. The number of benzene rings is 1. The van der Waals surface area contributed by atoms with Crippen molar-refractivity contribution in [3.8, 4) is 11.5 Å². The number of nitrogens with one attached hydrogen (secondary N) is 2. The summed E-state index contributed by atoms with van der Waals surface area (Å²) in [7, 11) is 3.27. The number of rotatable bonds is 8. The van der Waals surface area contributed by atoms with E-state index < -0.39 is 0 Å². The molecule has 2 N–H and O–H groups in total. The smallest absolute Gasteiger partial charge is 0.317 e. The third-order valence-electron chi connectivity index (χ3n) is 3.54. The molecule has 2 amide bonds. The Bertz CT molecular complexity index is 479. The maximum atomic E-state index is 11.4. The topological polar surface area (TPSA) is 62.8 Å². The summed E-state index contributed by atoms with van der Waals surface area (Å²) in [5, 5.41) is 6.15. The Morgan fingerprint density at radius 3 is 2.71 bits per heavy atom. The number of amides is 2. The average Bonchev–Trinajstić information content (AvgIpc) is 2.92. The van der Waals surface area contributed by atoms with E-state index in [1.54, 1.807) is 14.2 Å². The van der Waals surface area contributed by atoms with E-state index >= 15 is 0 Å². The molecular formula is C15H23N3O3. The molecule has 0 bridgehead atoms. The highest BCUT2D eigenvalue weighted by molar-refractivity contribution is 5.76. The van der Waals surface area contributed by atoms with Gasteiger partial charge in [0.15, 0.2) is 11.5 Å². The van der Waals surface area contributed by atoms with E-state index in [1.165, 1.54) is 5.56 Å². The van der Waals surface area contributed by atoms with Crippen LogP contribution in [0.4, 0.5) is 4.79 Å². The lowest BCUT2D eigenvalue weighted by Gasteiger charge is -2.14. The van der Waals surface area contributed by atoms with Gasteiger partial charge < -0.3 is 25.0 Å². The Labute approximate surface area is 125 Å². The van der Waals surface area contributed by atoms with Crippen molar-refractivity contribution < 1.29 is 14.3 Å². The first-order chi connectivity index (χ1) is 10.2. The second kappa shape index (κ2) is 7.73. The van der Waals surface area contributed by atoms with Crippen LogP contribution in [0, 0.1) is 0 Å². The maximum Gasteiger partial charge on any atom is 0.317 e. The van der Waals surface area contributed by atoms with Crippen LogP contribution in [0.1, 0.15) is 5.56 Å². The maximum absolute atomic E-state index is 11.4. The summed E-state index contributed by atoms with van der Waals surface area (Å²) in [5.41, 5.74) is 1.19. The number of hydrogen-bond donors (Lipinski definition) is 2. The quantitative estimate of drug-likeness (QED) is 0.698. The van der Waals surface area contributed by atoms with Crippen molar-refractivity contribution in [1.82, 2.24) is 15.5 Å². The minimum atomic E-state index is 0.0386. The molecule has 0 radical (unpaired) electrons. The summed E-state index contributed by atoms with van der Waals surface area (Å²) in [4.78, 5) is 13.2. The van der Waals surface area contributed by atoms with Gasteiger partial charge in [-0.05, 0) is 30.7 Å². The van der Waals surface area contributed by atoms with E-state index in [0.717, 1.165) is 50.6 Å². The lowest BCUT2D eigenvalue weighted by molar-refractivity contribution is 0.217. The lowest BCUT2D eigenvalue weighted by Crippen LogP contribution is -2.35. The second-order valence-corrected chi connectivity index (χ2v) is 4.91. The van der Waals surface area contributed by atoms with E-state index in [0.29, 0.717) is 0 Å². The number of nitrogens with zero attached hydrogens (tertiary/aromatic N) is 1. The molecule has 6 heteroatoms. The molecule has 116 valence electrons. The highest BCUT2D eigenvalue weighted by atomic mass is 16.5. The fourth-order valence-electron chi connectivity index (χ4n) is 2.33. The van der Waals surface area contributed by atoms with Crippen molar-refractivity contribution in [2.75, 3.05) is 46.9 Å². The van der Waals surface area contributed by atoms with Gasteiger partial charge in [-0.15, -0.1) is 0 Å². The molecule has 6 nitrogen and oxygen atoms in total. The molecule has 0 saturated carbocycles. The third kappa shape index (κ3) is 4.26. The molecular weight excluding hydrogens is 270 g/mol. The molecule has 1 aliphatic heterocycles. The van der Waals surface area contributed by atoms with Crippen LogP contribution in [0.15, 0.2) is 18.2 Å². The minimum absolute atomic E-state index is 0.0386. The van der Waals surface area contributed by atoms with Crippen LogP contribution in [0.25, 0.3) is 0 Å². The molecule has 1 aromatic rings. The van der Waals surface area contributed by atoms with Gasteiger partial charge in [-0.2, -0.15) is 0 Å². The summed E-state index contributed by atoms with van der Waals surface area (Å²) < 4.78 is 10.5. The number of methoxy groups -OCH3 is 2. The summed E-state index contributed by atoms with van der Waals surface area (Å²) >= 11 is 0. The molecule has 1 saturated heterocycles. The van der Waals surface area contributed by atoms with Crippen LogP contribution < -0.4 is 20.1 Å². The number of carbonyl (C=O) groups excluding carboxylic acids is 1. The van der Waals surface area contributed by atoms with Crippen LogP contribution in [0.5, 0.6) is 11.5 Å². The van der Waals surface area contributed by atoms with Gasteiger partial charge in [0.2, 0.25) is 0 Å². The predicted molar refractivity (Wildman–Crippen MR) is 81.1 cm³/mol. The molecule has 0 spiro atoms. The van der Waals surface area contributed by atoms with Crippen LogP contribution >= 0.6 is 0 Å². The van der Waals surface area contributed by atoms with Crippen molar-refractivity contribution in [2.45, 2.75) is 6.42 Å². The standard InChI is InChI=1S/C15H23N3O3/c1-20-13-4-3-12(11-14(13)21-2)5-6-16-7-9-18-10-8-17-15(18)19/h3-4,11,16H,5-10H2,1-2H3,(H,17,19). The molecule has 0 aromatic heterocycles. The number of ether oxygens (including phenoxy) is 2. The highest BCUT2D eigenvalue weighted by Gasteiger charge is 2.17. The number of carbonyl (C=O) groups is 1. The second-order valence-electron chi connectivity index (χ2n) is 4.91. The first kappa shape index (κ1) is 15.4. The van der Waals surface area contributed by atoms with Gasteiger partial charge >= 0.3 is 6.03 Å². The SMILES string of the molecule is COc1ccc(CCNCCN2CCNC2=O)cc1OC. The molecule has 21 heavy (non-hydrogen) atoms. The van der Waals surface area contributed by atoms with Crippen molar-refractivity contribution >= 4 is 6.03 Å². The Hall–Kier alpha value is -1.95. The fourth-order valence-corrected chi connectivity index (χ4v) is 2.33. The molecule has 1 heterocycles. The van der Waals surface area contributed by atoms with E-state index in [-0.39, 0.29) is 6.03 Å². The Balaban J connectivity index is 1.69. The molecule has 2 rings (SSSR count). The van der Waals surface area contributed by atoms with Gasteiger partial charge in [0.25, 0.3) is 0 Å². The van der Waals surface area contributed by atoms with Gasteiger partial charge in [-0.1, -0.05) is 6.07 Å². The van der Waals surface area contributed by atoms with Gasteiger partial charge in [0, 0.05) is 26.2 Å². The first-order valence-electron chi connectivity index (χ1n) is 7.19. The summed E-state index contributed by atoms with van der Waals surface area (Å²) in [6, 6.07) is 5.99. The molecule has 1 aliphatic rings. The van der Waals surface area contributed by atoms with Crippen molar-refractivity contribution in [2.24, 2.45) is 0 Å². The summed E-state index contributed by atoms with van der Waals surface area (Å²) in [5.74, 6) is 1.50. The normalized spacial score (nSPS) is 14.2. The average molecular weight is 293 g/mol. The van der Waals surface area contributed by atoms with Crippen LogP contribution in [0.3, 0.4) is 0 Å². The van der Waals surface area contributed by atoms with E-state index in [1.807, 2.05) is 23.1 Å². The number of urea groups is 1. The Morgan fingerprint density at radius 1 is 1.24 bits per heavy atom. The molecule has 1 aromatic carbocycles. The van der Waals surface area contributed by atoms with Crippen molar-refractivity contribution in [1.29, 1.82) is 0 Å².